The van der Waals surface area contributed by atoms with Crippen LogP contribution < -0.4 is 16.4 Å². The lowest BCUT2D eigenvalue weighted by molar-refractivity contribution is -0.128. The van der Waals surface area contributed by atoms with Crippen LogP contribution >= 0.6 is 24.4 Å². The molecule has 31 heavy (non-hydrogen) atoms. The predicted molar refractivity (Wildman–Crippen MR) is 144 cm³/mol. The Bertz CT molecular complexity index is 500. The molecule has 0 aliphatic carbocycles. The number of thioether (sulfide) groups is 1. The van der Waals surface area contributed by atoms with E-state index >= 15 is 0 Å². The van der Waals surface area contributed by atoms with Crippen LogP contribution in [-0.4, -0.2) is 47.7 Å². The summed E-state index contributed by atoms with van der Waals surface area (Å²) in [5, 5.41) is 5.52. The third-order valence-electron chi connectivity index (χ3n) is 3.46. The molecule has 0 aromatic heterocycles. The van der Waals surface area contributed by atoms with Crippen LogP contribution in [0.25, 0.3) is 0 Å². The molecule has 0 fully saturated rings. The second-order valence-electron chi connectivity index (χ2n) is 8.51. The molecular formula is C24H49N3O2S2. The summed E-state index contributed by atoms with van der Waals surface area (Å²) >= 11 is 5.97. The Morgan fingerprint density at radius 2 is 1.58 bits per heavy atom. The van der Waals surface area contributed by atoms with Crippen molar-refractivity contribution in [2.75, 3.05) is 24.3 Å². The first-order valence-electron chi connectivity index (χ1n) is 11.2. The largest absolute Gasteiger partial charge is 0.350 e. The molecule has 0 aromatic rings. The third-order valence-corrected chi connectivity index (χ3v) is 4.46. The van der Waals surface area contributed by atoms with E-state index in [1.165, 1.54) is 12.2 Å². The molecule has 2 amide bonds. The standard InChI is InChI=1S/C18H33N3O2S.C3H8S.C3H8/c1-13(2)15(10-8-6-7-9-14(19)12-24)17(23)20-11-16(22)21-18(3,4)5;1-3-4-2;1-3-2/h7-10,13-15,24H,6,11-12,19H2,1-5H3,(H,20,23)(H,21,22);3H2,1-2H3;3H2,1-2H3/b9-7+,10-8+;;. The lowest BCUT2D eigenvalue weighted by Crippen LogP contribution is -2.46. The number of nitrogens with two attached hydrogens (primary N) is 1. The number of carbonyl (C=O) groups excluding carboxylic acids is 2. The quantitative estimate of drug-likeness (QED) is 0.269. The van der Waals surface area contributed by atoms with Crippen LogP contribution in [0.4, 0.5) is 0 Å². The number of hydrogen-bond donors (Lipinski definition) is 4. The van der Waals surface area contributed by atoms with E-state index in [-0.39, 0.29) is 41.8 Å². The first-order chi connectivity index (χ1) is 14.4. The molecule has 184 valence electrons. The molecule has 0 rings (SSSR count). The molecule has 7 heteroatoms. The molecule has 0 heterocycles. The average molecular weight is 476 g/mol. The molecule has 0 aromatic carbocycles. The molecule has 0 saturated heterocycles. The van der Waals surface area contributed by atoms with E-state index in [1.807, 2.05) is 70.7 Å². The van der Waals surface area contributed by atoms with E-state index in [1.54, 1.807) is 0 Å². The van der Waals surface area contributed by atoms with Gasteiger partial charge >= 0.3 is 0 Å². The highest BCUT2D eigenvalue weighted by atomic mass is 32.2. The van der Waals surface area contributed by atoms with Crippen LogP contribution in [0.5, 0.6) is 0 Å². The van der Waals surface area contributed by atoms with Gasteiger partial charge in [-0.3, -0.25) is 9.59 Å². The van der Waals surface area contributed by atoms with Gasteiger partial charge in [-0.15, -0.1) is 0 Å². The summed E-state index contributed by atoms with van der Waals surface area (Å²) in [5.74, 6) is 1.40. The minimum atomic E-state index is -0.306. The van der Waals surface area contributed by atoms with Gasteiger partial charge in [-0.1, -0.05) is 65.3 Å². The maximum absolute atomic E-state index is 12.3. The highest BCUT2D eigenvalue weighted by molar-refractivity contribution is 7.98. The summed E-state index contributed by atoms with van der Waals surface area (Å²) < 4.78 is 0. The normalized spacial score (nSPS) is 13.2. The fourth-order valence-corrected chi connectivity index (χ4v) is 2.10. The first-order valence-corrected chi connectivity index (χ1v) is 13.2. The van der Waals surface area contributed by atoms with Gasteiger partial charge in [0.05, 0.1) is 12.5 Å². The predicted octanol–water partition coefficient (Wildman–Crippen LogP) is 4.83. The van der Waals surface area contributed by atoms with Gasteiger partial charge < -0.3 is 16.4 Å². The molecule has 5 nitrogen and oxygen atoms in total. The summed E-state index contributed by atoms with van der Waals surface area (Å²) in [4.78, 5) is 24.1. The second kappa shape index (κ2) is 22.3. The van der Waals surface area contributed by atoms with E-state index in [9.17, 15) is 9.59 Å². The molecular weight excluding hydrogens is 426 g/mol. The van der Waals surface area contributed by atoms with Crippen molar-refractivity contribution >= 4 is 36.2 Å². The highest BCUT2D eigenvalue weighted by Crippen LogP contribution is 2.13. The number of nitrogens with one attached hydrogen (secondary N) is 2. The first kappa shape index (κ1) is 34.7. The van der Waals surface area contributed by atoms with Crippen LogP contribution in [0.2, 0.25) is 0 Å². The second-order valence-corrected chi connectivity index (χ2v) is 10.0. The Kier molecular flexibility index (Phi) is 24.9. The summed E-state index contributed by atoms with van der Waals surface area (Å²) in [6.07, 6.45) is 11.8. The number of amides is 2. The van der Waals surface area contributed by atoms with E-state index in [0.29, 0.717) is 12.2 Å². The minimum absolute atomic E-state index is 0.0101. The molecule has 2 unspecified atom stereocenters. The van der Waals surface area contributed by atoms with Crippen LogP contribution in [0.1, 0.15) is 68.2 Å². The zero-order valence-electron chi connectivity index (χ0n) is 21.3. The summed E-state index contributed by atoms with van der Waals surface area (Å²) in [6.45, 7) is 16.1. The minimum Gasteiger partial charge on any atom is -0.350 e. The third kappa shape index (κ3) is 27.0. The summed E-state index contributed by atoms with van der Waals surface area (Å²) in [6, 6.07) is -0.0488. The van der Waals surface area contributed by atoms with Crippen molar-refractivity contribution in [2.45, 2.75) is 79.8 Å². The smallest absolute Gasteiger partial charge is 0.239 e. The SMILES string of the molecule is CC(C)C(/C=C/C/C=C/C(N)CS)C(=O)NCC(=O)NC(C)(C)C.CCC.CCSC. The van der Waals surface area contributed by atoms with Gasteiger partial charge in [-0.05, 0) is 45.1 Å². The van der Waals surface area contributed by atoms with Crippen LogP contribution in [0, 0.1) is 11.8 Å². The molecule has 0 saturated carbocycles. The fraction of sp³-hybridized carbons (Fsp3) is 0.750. The van der Waals surface area contributed by atoms with Crippen molar-refractivity contribution in [1.82, 2.24) is 10.6 Å². The average Bonchev–Trinajstić information content (AvgIpc) is 2.67. The van der Waals surface area contributed by atoms with Crippen molar-refractivity contribution in [3.63, 3.8) is 0 Å². The summed E-state index contributed by atoms with van der Waals surface area (Å²) in [5.41, 5.74) is 5.43. The number of thiol groups is 1. The number of hydrogen-bond acceptors (Lipinski definition) is 5. The Morgan fingerprint density at radius 1 is 1.10 bits per heavy atom. The van der Waals surface area contributed by atoms with Crippen LogP contribution in [-0.2, 0) is 9.59 Å². The van der Waals surface area contributed by atoms with Crippen LogP contribution in [0.3, 0.4) is 0 Å². The van der Waals surface area contributed by atoms with Crippen LogP contribution in [0.15, 0.2) is 24.3 Å². The molecule has 4 N–H and O–H groups in total. The Balaban J connectivity index is -0.000000971. The van der Waals surface area contributed by atoms with Gasteiger partial charge in [0.25, 0.3) is 0 Å². The zero-order valence-corrected chi connectivity index (χ0v) is 23.0. The van der Waals surface area contributed by atoms with Gasteiger partial charge in [0.2, 0.25) is 11.8 Å². The molecule has 0 spiro atoms. The van der Waals surface area contributed by atoms with Gasteiger partial charge in [-0.25, -0.2) is 0 Å². The Hall–Kier alpha value is -0.920. The van der Waals surface area contributed by atoms with Gasteiger partial charge in [-0.2, -0.15) is 24.4 Å². The fourth-order valence-electron chi connectivity index (χ4n) is 1.98. The van der Waals surface area contributed by atoms with Crippen molar-refractivity contribution < 1.29 is 9.59 Å². The van der Waals surface area contributed by atoms with E-state index in [0.717, 1.165) is 0 Å². The number of allylic oxidation sites excluding steroid dienone is 2. The zero-order chi connectivity index (χ0) is 24.9. The Labute approximate surface area is 202 Å². The molecule has 0 aliphatic rings. The number of carbonyl (C=O) groups is 2. The van der Waals surface area contributed by atoms with Gasteiger partial charge in [0.1, 0.15) is 0 Å². The highest BCUT2D eigenvalue weighted by Gasteiger charge is 2.20. The maximum atomic E-state index is 12.3. The van der Waals surface area contributed by atoms with Crippen molar-refractivity contribution in [3.05, 3.63) is 24.3 Å². The molecule has 0 aliphatic heterocycles. The topological polar surface area (TPSA) is 84.2 Å². The Morgan fingerprint density at radius 3 is 1.97 bits per heavy atom. The number of rotatable bonds is 10. The molecule has 0 radical (unpaired) electrons. The van der Waals surface area contributed by atoms with E-state index < -0.39 is 0 Å². The monoisotopic (exact) mass is 475 g/mol. The lowest BCUT2D eigenvalue weighted by Gasteiger charge is -2.21. The lowest BCUT2D eigenvalue weighted by atomic mass is 9.94. The summed E-state index contributed by atoms with van der Waals surface area (Å²) in [7, 11) is 0. The van der Waals surface area contributed by atoms with E-state index in [2.05, 4.69) is 50.3 Å². The molecule has 0 bridgehead atoms. The van der Waals surface area contributed by atoms with Crippen molar-refractivity contribution in [3.8, 4) is 0 Å². The van der Waals surface area contributed by atoms with E-state index in [4.69, 9.17) is 5.73 Å². The molecule has 2 atom stereocenters. The van der Waals surface area contributed by atoms with Gasteiger partial charge in [0, 0.05) is 17.3 Å². The van der Waals surface area contributed by atoms with Crippen molar-refractivity contribution in [1.29, 1.82) is 0 Å². The van der Waals surface area contributed by atoms with Crippen molar-refractivity contribution in [2.24, 2.45) is 17.6 Å². The maximum Gasteiger partial charge on any atom is 0.239 e. The van der Waals surface area contributed by atoms with Gasteiger partial charge in [0.15, 0.2) is 0 Å².